The normalized spacial score (nSPS) is 24.3. The topological polar surface area (TPSA) is 37.4 Å². The Labute approximate surface area is 110 Å². The molecule has 1 aliphatic carbocycles. The fraction of sp³-hybridized carbons (Fsp3) is 0.429. The second-order valence-electron chi connectivity index (χ2n) is 5.01. The number of hydrogen-bond donors (Lipinski definition) is 0. The molecule has 1 amide bonds. The number of carbonyl (C=O) groups excluding carboxylic acids is 2. The Morgan fingerprint density at radius 1 is 1.39 bits per heavy atom. The Bertz CT molecular complexity index is 532. The lowest BCUT2D eigenvalue weighted by Gasteiger charge is -2.25. The number of fused-ring (bicyclic) bond motifs is 1. The molecular formula is C14H15NO2S. The summed E-state index contributed by atoms with van der Waals surface area (Å²) in [7, 11) is 0. The van der Waals surface area contributed by atoms with Crippen LogP contribution >= 0.6 is 11.3 Å². The van der Waals surface area contributed by atoms with Crippen LogP contribution in [0, 0.1) is 0 Å². The van der Waals surface area contributed by atoms with Crippen molar-refractivity contribution >= 4 is 23.0 Å². The van der Waals surface area contributed by atoms with Crippen LogP contribution in [0.4, 0.5) is 0 Å². The maximum Gasteiger partial charge on any atom is 0.265 e. The molecule has 0 radical (unpaired) electrons. The van der Waals surface area contributed by atoms with Gasteiger partial charge in [-0.25, -0.2) is 0 Å². The van der Waals surface area contributed by atoms with Crippen LogP contribution in [0.25, 0.3) is 0 Å². The maximum atomic E-state index is 12.3. The number of allylic oxidation sites excluding steroid dienone is 1. The summed E-state index contributed by atoms with van der Waals surface area (Å²) in [6.45, 7) is 4.51. The third-order valence-electron chi connectivity index (χ3n) is 3.72. The third kappa shape index (κ3) is 1.81. The van der Waals surface area contributed by atoms with E-state index in [-0.39, 0.29) is 17.7 Å². The van der Waals surface area contributed by atoms with Crippen molar-refractivity contribution in [3.05, 3.63) is 34.0 Å². The summed E-state index contributed by atoms with van der Waals surface area (Å²) in [5.41, 5.74) is 2.07. The minimum absolute atomic E-state index is 0.0332. The first kappa shape index (κ1) is 11.7. The van der Waals surface area contributed by atoms with Gasteiger partial charge in [-0.2, -0.15) is 0 Å². The van der Waals surface area contributed by atoms with Gasteiger partial charge < -0.3 is 4.90 Å². The van der Waals surface area contributed by atoms with Crippen LogP contribution in [-0.4, -0.2) is 22.6 Å². The minimum Gasteiger partial charge on any atom is -0.324 e. The van der Waals surface area contributed by atoms with Gasteiger partial charge in [0, 0.05) is 13.0 Å². The second kappa shape index (κ2) is 4.35. The SMILES string of the molecule is C=C1CCC[C@H](N2Cc3ccsc3C2=O)C(=O)C1. The van der Waals surface area contributed by atoms with Gasteiger partial charge >= 0.3 is 0 Å². The summed E-state index contributed by atoms with van der Waals surface area (Å²) in [5.74, 6) is 0.187. The molecule has 18 heavy (non-hydrogen) atoms. The van der Waals surface area contributed by atoms with Gasteiger partial charge in [0.2, 0.25) is 0 Å². The number of carbonyl (C=O) groups is 2. The summed E-state index contributed by atoms with van der Waals surface area (Å²) in [6, 6.07) is 1.74. The van der Waals surface area contributed by atoms with E-state index < -0.39 is 0 Å². The highest BCUT2D eigenvalue weighted by molar-refractivity contribution is 7.12. The van der Waals surface area contributed by atoms with Gasteiger partial charge in [-0.3, -0.25) is 9.59 Å². The molecule has 0 N–H and O–H groups in total. The van der Waals surface area contributed by atoms with E-state index in [9.17, 15) is 9.59 Å². The largest absolute Gasteiger partial charge is 0.324 e. The van der Waals surface area contributed by atoms with E-state index in [1.54, 1.807) is 4.90 Å². The number of hydrogen-bond acceptors (Lipinski definition) is 3. The average Bonchev–Trinajstić information content (AvgIpc) is 2.84. The van der Waals surface area contributed by atoms with E-state index in [1.165, 1.54) is 11.3 Å². The fourth-order valence-electron chi connectivity index (χ4n) is 2.77. The summed E-state index contributed by atoms with van der Waals surface area (Å²) < 4.78 is 0. The van der Waals surface area contributed by atoms with Crippen LogP contribution in [0.3, 0.4) is 0 Å². The van der Waals surface area contributed by atoms with Gasteiger partial charge in [0.25, 0.3) is 5.91 Å². The Hall–Kier alpha value is -1.42. The van der Waals surface area contributed by atoms with Crippen molar-refractivity contribution in [1.29, 1.82) is 0 Å². The lowest BCUT2D eigenvalue weighted by atomic mass is 10.1. The van der Waals surface area contributed by atoms with Crippen LogP contribution in [0.1, 0.15) is 40.9 Å². The zero-order valence-corrected chi connectivity index (χ0v) is 11.0. The molecule has 1 atom stereocenters. The van der Waals surface area contributed by atoms with E-state index >= 15 is 0 Å². The zero-order chi connectivity index (χ0) is 12.7. The Balaban J connectivity index is 1.84. The van der Waals surface area contributed by atoms with Crippen molar-refractivity contribution in [2.75, 3.05) is 0 Å². The molecule has 3 nitrogen and oxygen atoms in total. The number of Topliss-reactive ketones (excluding diaryl/α,β-unsaturated/α-hetero) is 1. The predicted molar refractivity (Wildman–Crippen MR) is 70.6 cm³/mol. The number of rotatable bonds is 1. The standard InChI is InChI=1S/C14H15NO2S/c1-9-3-2-4-11(12(16)7-9)15-8-10-5-6-18-13(10)14(15)17/h5-6,11H,1-4,7-8H2/t11-/m0/s1. The fourth-order valence-corrected chi connectivity index (χ4v) is 3.64. The Morgan fingerprint density at radius 2 is 2.22 bits per heavy atom. The van der Waals surface area contributed by atoms with E-state index in [4.69, 9.17) is 0 Å². The van der Waals surface area contributed by atoms with Crippen LogP contribution in [0.15, 0.2) is 23.6 Å². The molecule has 0 unspecified atom stereocenters. The first-order chi connectivity index (χ1) is 8.66. The van der Waals surface area contributed by atoms with Crippen LogP contribution in [0.2, 0.25) is 0 Å². The van der Waals surface area contributed by atoms with E-state index in [0.29, 0.717) is 13.0 Å². The first-order valence-corrected chi connectivity index (χ1v) is 7.11. The zero-order valence-electron chi connectivity index (χ0n) is 10.1. The minimum atomic E-state index is -0.239. The molecule has 2 aliphatic rings. The van der Waals surface area contributed by atoms with Gasteiger partial charge in [-0.05, 0) is 36.3 Å². The van der Waals surface area contributed by atoms with Gasteiger partial charge in [0.1, 0.15) is 0 Å². The quantitative estimate of drug-likeness (QED) is 0.576. The molecule has 94 valence electrons. The molecule has 0 bridgehead atoms. The lowest BCUT2D eigenvalue weighted by molar-refractivity contribution is -0.122. The van der Waals surface area contributed by atoms with Gasteiger partial charge in [0.05, 0.1) is 10.9 Å². The highest BCUT2D eigenvalue weighted by Crippen LogP contribution is 2.32. The predicted octanol–water partition coefficient (Wildman–Crippen LogP) is 2.77. The van der Waals surface area contributed by atoms with Crippen molar-refractivity contribution in [3.8, 4) is 0 Å². The first-order valence-electron chi connectivity index (χ1n) is 6.23. The summed E-state index contributed by atoms with van der Waals surface area (Å²) in [6.07, 6.45) is 3.07. The second-order valence-corrected chi connectivity index (χ2v) is 5.93. The smallest absolute Gasteiger partial charge is 0.265 e. The molecule has 0 spiro atoms. The van der Waals surface area contributed by atoms with Crippen molar-refractivity contribution in [1.82, 2.24) is 4.90 Å². The molecule has 0 saturated heterocycles. The molecular weight excluding hydrogens is 246 g/mol. The van der Waals surface area contributed by atoms with Gasteiger partial charge in [-0.15, -0.1) is 11.3 Å². The molecule has 1 aliphatic heterocycles. The van der Waals surface area contributed by atoms with Crippen LogP contribution in [-0.2, 0) is 11.3 Å². The molecule has 3 rings (SSSR count). The van der Waals surface area contributed by atoms with Crippen molar-refractivity contribution in [2.45, 2.75) is 38.3 Å². The number of nitrogens with zero attached hydrogens (tertiary/aromatic N) is 1. The van der Waals surface area contributed by atoms with Crippen molar-refractivity contribution in [2.24, 2.45) is 0 Å². The lowest BCUT2D eigenvalue weighted by Crippen LogP contribution is -2.40. The molecule has 0 aromatic carbocycles. The molecule has 1 saturated carbocycles. The molecule has 1 aromatic rings. The third-order valence-corrected chi connectivity index (χ3v) is 4.67. The number of amides is 1. The molecule has 1 fully saturated rings. The highest BCUT2D eigenvalue weighted by atomic mass is 32.1. The summed E-state index contributed by atoms with van der Waals surface area (Å²) in [4.78, 5) is 27.0. The van der Waals surface area contributed by atoms with Crippen LogP contribution in [0.5, 0.6) is 0 Å². The monoisotopic (exact) mass is 261 g/mol. The number of thiophene rings is 1. The van der Waals surface area contributed by atoms with Gasteiger partial charge in [-0.1, -0.05) is 12.2 Å². The van der Waals surface area contributed by atoms with E-state index in [1.807, 2.05) is 11.4 Å². The summed E-state index contributed by atoms with van der Waals surface area (Å²) >= 11 is 1.47. The maximum absolute atomic E-state index is 12.3. The Kier molecular flexibility index (Phi) is 2.82. The number of ketones is 1. The van der Waals surface area contributed by atoms with Crippen LogP contribution < -0.4 is 0 Å². The Morgan fingerprint density at radius 3 is 3.00 bits per heavy atom. The van der Waals surface area contributed by atoms with E-state index in [2.05, 4.69) is 6.58 Å². The molecule has 1 aromatic heterocycles. The van der Waals surface area contributed by atoms with Gasteiger partial charge in [0.15, 0.2) is 5.78 Å². The summed E-state index contributed by atoms with van der Waals surface area (Å²) in [5, 5.41) is 1.94. The van der Waals surface area contributed by atoms with Crippen molar-refractivity contribution in [3.63, 3.8) is 0 Å². The average molecular weight is 261 g/mol. The van der Waals surface area contributed by atoms with E-state index in [0.717, 1.165) is 35.3 Å². The highest BCUT2D eigenvalue weighted by Gasteiger charge is 2.37. The molecule has 4 heteroatoms. The van der Waals surface area contributed by atoms with Crippen molar-refractivity contribution < 1.29 is 9.59 Å². The molecule has 2 heterocycles.